The smallest absolute Gasteiger partial charge is 0.137 e. The minimum Gasteiger partial charge on any atom is -0.361 e. The molecule has 3 aromatic heterocycles. The number of aromatic amines is 2. The molecule has 0 aliphatic heterocycles. The van der Waals surface area contributed by atoms with Gasteiger partial charge in [-0.15, -0.1) is 0 Å². The lowest BCUT2D eigenvalue weighted by Crippen LogP contribution is -1.70. The SMILES string of the molecule is CC.CC.CC.CC.CC.CC.c1ccc2[nH]ccc2c1.c1cnc2[nH]ccc2c1. The fraction of sp³-hybridized carbons (Fsp3) is 0.444. The number of nitrogens with zero attached hydrogens (tertiary/aromatic N) is 1. The number of aromatic nitrogens is 3. The van der Waals surface area contributed by atoms with Crippen LogP contribution in [0.15, 0.2) is 67.1 Å². The van der Waals surface area contributed by atoms with Gasteiger partial charge in [-0.2, -0.15) is 0 Å². The van der Waals surface area contributed by atoms with Gasteiger partial charge in [0.2, 0.25) is 0 Å². The maximum Gasteiger partial charge on any atom is 0.137 e. The highest BCUT2D eigenvalue weighted by Gasteiger charge is 1.88. The van der Waals surface area contributed by atoms with Gasteiger partial charge in [0.1, 0.15) is 5.65 Å². The average Bonchev–Trinajstić information content (AvgIpc) is 3.57. The van der Waals surface area contributed by atoms with Crippen molar-refractivity contribution in [2.24, 2.45) is 0 Å². The Balaban J connectivity index is -0.000000152. The predicted octanol–water partition coefficient (Wildman–Crippen LogP) is 9.89. The van der Waals surface area contributed by atoms with Crippen LogP contribution in [0, 0.1) is 0 Å². The van der Waals surface area contributed by atoms with Crippen molar-refractivity contribution >= 4 is 21.9 Å². The highest BCUT2D eigenvalue weighted by molar-refractivity contribution is 5.78. The molecule has 30 heavy (non-hydrogen) atoms. The summed E-state index contributed by atoms with van der Waals surface area (Å²) in [4.78, 5) is 10.2. The summed E-state index contributed by atoms with van der Waals surface area (Å²) in [6.07, 6.45) is 5.61. The molecule has 0 amide bonds. The molecule has 0 aliphatic rings. The van der Waals surface area contributed by atoms with E-state index in [9.17, 15) is 0 Å². The van der Waals surface area contributed by atoms with Gasteiger partial charge in [-0.05, 0) is 35.7 Å². The third-order valence-electron chi connectivity index (χ3n) is 2.78. The summed E-state index contributed by atoms with van der Waals surface area (Å²) >= 11 is 0. The molecule has 4 rings (SSSR count). The van der Waals surface area contributed by atoms with E-state index in [1.807, 2.05) is 126 Å². The van der Waals surface area contributed by atoms with Gasteiger partial charge in [0.05, 0.1) is 0 Å². The first-order valence-electron chi connectivity index (χ1n) is 11.8. The lowest BCUT2D eigenvalue weighted by Gasteiger charge is -1.83. The summed E-state index contributed by atoms with van der Waals surface area (Å²) in [6, 6.07) is 16.2. The highest BCUT2D eigenvalue weighted by Crippen LogP contribution is 2.09. The molecule has 3 heterocycles. The molecule has 0 bridgehead atoms. The van der Waals surface area contributed by atoms with Crippen molar-refractivity contribution in [2.75, 3.05) is 0 Å². The highest BCUT2D eigenvalue weighted by atomic mass is 14.8. The number of hydrogen-bond donors (Lipinski definition) is 2. The Labute approximate surface area is 187 Å². The van der Waals surface area contributed by atoms with Crippen molar-refractivity contribution in [1.29, 1.82) is 0 Å². The van der Waals surface area contributed by atoms with Gasteiger partial charge in [-0.3, -0.25) is 0 Å². The quantitative estimate of drug-likeness (QED) is 0.295. The van der Waals surface area contributed by atoms with E-state index < -0.39 is 0 Å². The van der Waals surface area contributed by atoms with Crippen molar-refractivity contribution in [3.8, 4) is 0 Å². The molecule has 0 unspecified atom stereocenters. The van der Waals surface area contributed by atoms with Crippen LogP contribution >= 0.6 is 0 Å². The molecule has 0 spiro atoms. The second-order valence-corrected chi connectivity index (χ2v) is 3.98. The normalized spacial score (nSPS) is 7.33. The van der Waals surface area contributed by atoms with Crippen LogP contribution in [0.4, 0.5) is 0 Å². The Bertz CT molecular complexity index is 628. The number of hydrogen-bond acceptors (Lipinski definition) is 1. The molecular formula is C27H49N3. The fourth-order valence-corrected chi connectivity index (χ4v) is 1.88. The fourth-order valence-electron chi connectivity index (χ4n) is 1.88. The number of nitrogens with one attached hydrogen (secondary N) is 2. The molecule has 3 heteroatoms. The van der Waals surface area contributed by atoms with Crippen LogP contribution in [0.5, 0.6) is 0 Å². The van der Waals surface area contributed by atoms with E-state index >= 15 is 0 Å². The molecule has 0 aliphatic carbocycles. The molecule has 0 atom stereocenters. The Morgan fingerprint density at radius 2 is 0.967 bits per heavy atom. The number of para-hydroxylation sites is 1. The van der Waals surface area contributed by atoms with Gasteiger partial charge in [0.25, 0.3) is 0 Å². The van der Waals surface area contributed by atoms with Crippen LogP contribution in [0.1, 0.15) is 83.1 Å². The first-order valence-corrected chi connectivity index (χ1v) is 11.8. The van der Waals surface area contributed by atoms with Crippen molar-refractivity contribution in [3.63, 3.8) is 0 Å². The maximum atomic E-state index is 4.09. The Hall–Kier alpha value is -2.55. The van der Waals surface area contributed by atoms with Gasteiger partial charge in [0, 0.05) is 29.5 Å². The van der Waals surface area contributed by atoms with E-state index in [4.69, 9.17) is 0 Å². The molecule has 0 saturated heterocycles. The zero-order valence-corrected chi connectivity index (χ0v) is 21.8. The van der Waals surface area contributed by atoms with E-state index in [0.717, 1.165) is 11.0 Å². The van der Waals surface area contributed by atoms with Gasteiger partial charge < -0.3 is 9.97 Å². The van der Waals surface area contributed by atoms with Gasteiger partial charge in [-0.25, -0.2) is 4.98 Å². The number of H-pyrrole nitrogens is 2. The minimum atomic E-state index is 0.956. The Morgan fingerprint density at radius 3 is 1.50 bits per heavy atom. The zero-order chi connectivity index (χ0) is 24.2. The van der Waals surface area contributed by atoms with E-state index in [1.54, 1.807) is 6.20 Å². The average molecular weight is 416 g/mol. The maximum absolute atomic E-state index is 4.09. The molecule has 0 radical (unpaired) electrons. The van der Waals surface area contributed by atoms with E-state index in [2.05, 4.69) is 33.2 Å². The molecule has 172 valence electrons. The van der Waals surface area contributed by atoms with Crippen molar-refractivity contribution < 1.29 is 0 Å². The molecule has 1 aromatic carbocycles. The lowest BCUT2D eigenvalue weighted by molar-refractivity contribution is 1.33. The number of rotatable bonds is 0. The molecule has 0 saturated carbocycles. The Kier molecular flexibility index (Phi) is 36.3. The summed E-state index contributed by atoms with van der Waals surface area (Å²) in [5.74, 6) is 0. The van der Waals surface area contributed by atoms with Gasteiger partial charge in [-0.1, -0.05) is 101 Å². The minimum absolute atomic E-state index is 0.956. The van der Waals surface area contributed by atoms with Gasteiger partial charge >= 0.3 is 0 Å². The number of benzene rings is 1. The van der Waals surface area contributed by atoms with Crippen LogP contribution in [0.3, 0.4) is 0 Å². The standard InChI is InChI=1S/C8H7N.C7H6N2.6C2H6/c1-2-4-8-7(3-1)5-6-9-8;1-2-6-3-5-9-7(6)8-4-1;6*1-2/h1-6,9H;1-5H,(H,8,9);6*1-2H3. The molecule has 2 N–H and O–H groups in total. The summed E-state index contributed by atoms with van der Waals surface area (Å²) in [5, 5.41) is 2.44. The van der Waals surface area contributed by atoms with Crippen LogP contribution in [-0.2, 0) is 0 Å². The van der Waals surface area contributed by atoms with E-state index in [1.165, 1.54) is 10.9 Å². The zero-order valence-electron chi connectivity index (χ0n) is 21.8. The third-order valence-corrected chi connectivity index (χ3v) is 2.78. The monoisotopic (exact) mass is 415 g/mol. The molecular weight excluding hydrogens is 366 g/mol. The first kappa shape index (κ1) is 34.9. The lowest BCUT2D eigenvalue weighted by atomic mass is 10.3. The number of pyridine rings is 1. The van der Waals surface area contributed by atoms with Crippen molar-refractivity contribution in [3.05, 3.63) is 67.1 Å². The Morgan fingerprint density at radius 1 is 0.500 bits per heavy atom. The summed E-state index contributed by atoms with van der Waals surface area (Å²) in [7, 11) is 0. The van der Waals surface area contributed by atoms with Crippen LogP contribution in [0.2, 0.25) is 0 Å². The molecule has 0 fully saturated rings. The van der Waals surface area contributed by atoms with Crippen LogP contribution in [0.25, 0.3) is 21.9 Å². The summed E-state index contributed by atoms with van der Waals surface area (Å²) in [6.45, 7) is 24.0. The summed E-state index contributed by atoms with van der Waals surface area (Å²) < 4.78 is 0. The number of fused-ring (bicyclic) bond motifs is 2. The molecule has 3 nitrogen and oxygen atoms in total. The topological polar surface area (TPSA) is 44.5 Å². The van der Waals surface area contributed by atoms with Gasteiger partial charge in [0.15, 0.2) is 0 Å². The van der Waals surface area contributed by atoms with Crippen molar-refractivity contribution in [2.45, 2.75) is 83.1 Å². The second kappa shape index (κ2) is 31.2. The third kappa shape index (κ3) is 15.4. The second-order valence-electron chi connectivity index (χ2n) is 3.98. The molecule has 4 aromatic rings. The first-order chi connectivity index (χ1) is 14.9. The van der Waals surface area contributed by atoms with E-state index in [0.29, 0.717) is 0 Å². The summed E-state index contributed by atoms with van der Waals surface area (Å²) in [5.41, 5.74) is 2.16. The van der Waals surface area contributed by atoms with E-state index in [-0.39, 0.29) is 0 Å². The largest absolute Gasteiger partial charge is 0.361 e. The predicted molar refractivity (Wildman–Crippen MR) is 142 cm³/mol. The van der Waals surface area contributed by atoms with Crippen LogP contribution in [-0.4, -0.2) is 15.0 Å². The van der Waals surface area contributed by atoms with Crippen LogP contribution < -0.4 is 0 Å². The van der Waals surface area contributed by atoms with Crippen molar-refractivity contribution in [1.82, 2.24) is 15.0 Å².